The second-order valence-corrected chi connectivity index (χ2v) is 4.83. The van der Waals surface area contributed by atoms with Crippen LogP contribution in [0.4, 0.5) is 4.79 Å². The quantitative estimate of drug-likeness (QED) is 0.718. The van der Waals surface area contributed by atoms with E-state index in [0.717, 1.165) is 19.3 Å². The molecule has 0 aromatic carbocycles. The molecule has 20 heavy (non-hydrogen) atoms. The highest BCUT2D eigenvalue weighted by Gasteiger charge is 2.28. The minimum atomic E-state index is -0.318. The Bertz CT molecular complexity index is 310. The summed E-state index contributed by atoms with van der Waals surface area (Å²) in [6, 6.07) is 0. The number of ether oxygens (including phenoxy) is 2. The van der Waals surface area contributed by atoms with Crippen LogP contribution in [0.3, 0.4) is 0 Å². The van der Waals surface area contributed by atoms with E-state index >= 15 is 0 Å². The van der Waals surface area contributed by atoms with Gasteiger partial charge in [-0.2, -0.15) is 0 Å². The summed E-state index contributed by atoms with van der Waals surface area (Å²) in [6.07, 6.45) is 2.16. The van der Waals surface area contributed by atoms with E-state index in [1.165, 1.54) is 0 Å². The van der Waals surface area contributed by atoms with Crippen LogP contribution in [-0.2, 0) is 14.3 Å². The van der Waals surface area contributed by atoms with E-state index in [2.05, 4.69) is 5.32 Å². The summed E-state index contributed by atoms with van der Waals surface area (Å²) in [5.74, 6) is -0.101. The third kappa shape index (κ3) is 5.77. The van der Waals surface area contributed by atoms with Crippen molar-refractivity contribution >= 4 is 12.0 Å². The van der Waals surface area contributed by atoms with Gasteiger partial charge in [-0.15, -0.1) is 0 Å². The van der Waals surface area contributed by atoms with Crippen LogP contribution in [-0.4, -0.2) is 56.4 Å². The Morgan fingerprint density at radius 3 is 2.80 bits per heavy atom. The normalized spacial score (nSPS) is 18.7. The van der Waals surface area contributed by atoms with Crippen molar-refractivity contribution in [2.24, 2.45) is 5.92 Å². The van der Waals surface area contributed by atoms with Gasteiger partial charge in [0.1, 0.15) is 0 Å². The monoisotopic (exact) mass is 286 g/mol. The lowest BCUT2D eigenvalue weighted by Gasteiger charge is -2.31. The highest BCUT2D eigenvalue weighted by Crippen LogP contribution is 2.17. The summed E-state index contributed by atoms with van der Waals surface area (Å²) in [6.45, 7) is 7.21. The molecular formula is C14H26N2O4. The minimum absolute atomic E-state index is 0.0236. The van der Waals surface area contributed by atoms with Gasteiger partial charge in [0, 0.05) is 32.8 Å². The van der Waals surface area contributed by atoms with Gasteiger partial charge in [0.25, 0.3) is 0 Å². The Labute approximate surface area is 120 Å². The number of hydrogen-bond acceptors (Lipinski definition) is 4. The molecule has 0 saturated carbocycles. The number of rotatable bonds is 7. The first-order chi connectivity index (χ1) is 9.69. The molecule has 6 nitrogen and oxygen atoms in total. The fourth-order valence-electron chi connectivity index (χ4n) is 2.25. The molecule has 1 saturated heterocycles. The number of likely N-dealkylation sites (tertiary alicyclic amines) is 1. The number of piperidine rings is 1. The van der Waals surface area contributed by atoms with Gasteiger partial charge < -0.3 is 19.7 Å². The number of nitrogens with one attached hydrogen (secondary N) is 1. The van der Waals surface area contributed by atoms with Gasteiger partial charge in [0.15, 0.2) is 0 Å². The van der Waals surface area contributed by atoms with Crippen molar-refractivity contribution in [1.82, 2.24) is 10.2 Å². The summed E-state index contributed by atoms with van der Waals surface area (Å²) < 4.78 is 10.2. The van der Waals surface area contributed by atoms with E-state index in [1.807, 2.05) is 6.92 Å². The lowest BCUT2D eigenvalue weighted by atomic mass is 9.97. The molecule has 0 aliphatic carbocycles. The highest BCUT2D eigenvalue weighted by molar-refractivity contribution is 5.79. The molecule has 1 aliphatic rings. The molecule has 116 valence electrons. The summed E-state index contributed by atoms with van der Waals surface area (Å²) in [5, 5.41) is 2.91. The average Bonchev–Trinajstić information content (AvgIpc) is 2.47. The van der Waals surface area contributed by atoms with Crippen molar-refractivity contribution in [1.29, 1.82) is 0 Å². The Morgan fingerprint density at radius 1 is 1.30 bits per heavy atom. The summed E-state index contributed by atoms with van der Waals surface area (Å²) in [4.78, 5) is 25.3. The van der Waals surface area contributed by atoms with Crippen LogP contribution in [0.5, 0.6) is 0 Å². The van der Waals surface area contributed by atoms with Gasteiger partial charge in [-0.1, -0.05) is 0 Å². The molecule has 1 unspecified atom stereocenters. The largest absolute Gasteiger partial charge is 0.450 e. The van der Waals surface area contributed by atoms with Gasteiger partial charge in [0.05, 0.1) is 12.5 Å². The molecule has 0 aromatic rings. The molecule has 0 bridgehead atoms. The van der Waals surface area contributed by atoms with Crippen LogP contribution in [0.15, 0.2) is 0 Å². The topological polar surface area (TPSA) is 67.9 Å². The predicted molar refractivity (Wildman–Crippen MR) is 75.4 cm³/mol. The molecule has 1 N–H and O–H groups in total. The SMILES string of the molecule is CCOCCCNC(=O)C1CCCN(C(=O)OCC)C1. The first kappa shape index (κ1) is 16.8. The molecule has 1 atom stereocenters. The Kier molecular flexibility index (Phi) is 8.02. The van der Waals surface area contributed by atoms with Crippen LogP contribution in [0.25, 0.3) is 0 Å². The van der Waals surface area contributed by atoms with E-state index < -0.39 is 0 Å². The van der Waals surface area contributed by atoms with E-state index in [1.54, 1.807) is 11.8 Å². The lowest BCUT2D eigenvalue weighted by molar-refractivity contribution is -0.126. The van der Waals surface area contributed by atoms with E-state index in [0.29, 0.717) is 39.5 Å². The summed E-state index contributed by atoms with van der Waals surface area (Å²) >= 11 is 0. The molecule has 1 aliphatic heterocycles. The fraction of sp³-hybridized carbons (Fsp3) is 0.857. The van der Waals surface area contributed by atoms with Crippen molar-refractivity contribution in [3.63, 3.8) is 0 Å². The number of amides is 2. The highest BCUT2D eigenvalue weighted by atomic mass is 16.6. The molecular weight excluding hydrogens is 260 g/mol. The van der Waals surface area contributed by atoms with Crippen LogP contribution in [0.2, 0.25) is 0 Å². The van der Waals surface area contributed by atoms with Gasteiger partial charge in [0.2, 0.25) is 5.91 Å². The molecule has 6 heteroatoms. The zero-order chi connectivity index (χ0) is 14.8. The molecule has 0 spiro atoms. The van der Waals surface area contributed by atoms with Crippen molar-refractivity contribution < 1.29 is 19.1 Å². The lowest BCUT2D eigenvalue weighted by Crippen LogP contribution is -2.45. The van der Waals surface area contributed by atoms with Crippen LogP contribution in [0.1, 0.15) is 33.1 Å². The maximum atomic E-state index is 12.0. The molecule has 0 radical (unpaired) electrons. The first-order valence-electron chi connectivity index (χ1n) is 7.46. The fourth-order valence-corrected chi connectivity index (χ4v) is 2.25. The first-order valence-corrected chi connectivity index (χ1v) is 7.46. The second kappa shape index (κ2) is 9.58. The number of carbonyl (C=O) groups excluding carboxylic acids is 2. The maximum absolute atomic E-state index is 12.0. The van der Waals surface area contributed by atoms with E-state index in [4.69, 9.17) is 9.47 Å². The standard InChI is InChI=1S/C14H26N2O4/c1-3-19-10-6-8-15-13(17)12-7-5-9-16(11-12)14(18)20-4-2/h12H,3-11H2,1-2H3,(H,15,17). The third-order valence-electron chi connectivity index (χ3n) is 3.29. The number of carbonyl (C=O) groups is 2. The second-order valence-electron chi connectivity index (χ2n) is 4.83. The summed E-state index contributed by atoms with van der Waals surface area (Å²) in [7, 11) is 0. The van der Waals surface area contributed by atoms with Crippen molar-refractivity contribution in [2.75, 3.05) is 39.5 Å². The van der Waals surface area contributed by atoms with Crippen molar-refractivity contribution in [3.8, 4) is 0 Å². The molecule has 0 aromatic heterocycles. The average molecular weight is 286 g/mol. The Morgan fingerprint density at radius 2 is 2.10 bits per heavy atom. The Balaban J connectivity index is 2.27. The van der Waals surface area contributed by atoms with Crippen LogP contribution >= 0.6 is 0 Å². The number of hydrogen-bond donors (Lipinski definition) is 1. The van der Waals surface area contributed by atoms with Crippen molar-refractivity contribution in [2.45, 2.75) is 33.1 Å². The van der Waals surface area contributed by atoms with E-state index in [9.17, 15) is 9.59 Å². The van der Waals surface area contributed by atoms with Gasteiger partial charge in [-0.05, 0) is 33.1 Å². The zero-order valence-electron chi connectivity index (χ0n) is 12.5. The third-order valence-corrected chi connectivity index (χ3v) is 3.29. The van der Waals surface area contributed by atoms with Crippen LogP contribution < -0.4 is 5.32 Å². The zero-order valence-corrected chi connectivity index (χ0v) is 12.5. The smallest absolute Gasteiger partial charge is 0.409 e. The molecule has 2 amide bonds. The number of nitrogens with zero attached hydrogens (tertiary/aromatic N) is 1. The van der Waals surface area contributed by atoms with Gasteiger partial charge in [-0.25, -0.2) is 4.79 Å². The maximum Gasteiger partial charge on any atom is 0.409 e. The Hall–Kier alpha value is -1.30. The van der Waals surface area contributed by atoms with Crippen LogP contribution in [0, 0.1) is 5.92 Å². The predicted octanol–water partition coefficient (Wildman–Crippen LogP) is 1.40. The minimum Gasteiger partial charge on any atom is -0.450 e. The molecule has 1 fully saturated rings. The molecule has 1 heterocycles. The van der Waals surface area contributed by atoms with Gasteiger partial charge >= 0.3 is 6.09 Å². The molecule has 1 rings (SSSR count). The van der Waals surface area contributed by atoms with Gasteiger partial charge in [-0.3, -0.25) is 4.79 Å². The summed E-state index contributed by atoms with van der Waals surface area (Å²) in [5.41, 5.74) is 0. The van der Waals surface area contributed by atoms with Crippen molar-refractivity contribution in [3.05, 3.63) is 0 Å². The van der Waals surface area contributed by atoms with E-state index in [-0.39, 0.29) is 17.9 Å².